The van der Waals surface area contributed by atoms with Gasteiger partial charge in [-0.25, -0.2) is 0 Å². The normalized spacial score (nSPS) is 11.2. The molecule has 0 amide bonds. The van der Waals surface area contributed by atoms with Gasteiger partial charge in [-0.2, -0.15) is 0 Å². The van der Waals surface area contributed by atoms with E-state index < -0.39 is 5.97 Å². The third-order valence-electron chi connectivity index (χ3n) is 3.50. The van der Waals surface area contributed by atoms with E-state index >= 15 is 0 Å². The predicted octanol–water partition coefficient (Wildman–Crippen LogP) is 2.35. The highest BCUT2D eigenvalue weighted by molar-refractivity contribution is 5.66. The highest BCUT2D eigenvalue weighted by atomic mass is 16.4. The van der Waals surface area contributed by atoms with Gasteiger partial charge in [0.05, 0.1) is 6.42 Å². The first-order valence-electron chi connectivity index (χ1n) is 7.70. The van der Waals surface area contributed by atoms with Gasteiger partial charge in [0, 0.05) is 6.54 Å². The Labute approximate surface area is 128 Å². The summed E-state index contributed by atoms with van der Waals surface area (Å²) in [6.07, 6.45) is 3.44. The second kappa shape index (κ2) is 10.4. The summed E-state index contributed by atoms with van der Waals surface area (Å²) >= 11 is 0. The molecule has 4 nitrogen and oxygen atoms in total. The molecule has 0 bridgehead atoms. The standard InChI is InChI=1S/C17H28N2O2/c1-18(2)12-7-14-19(15-11-17(20)21)13-6-10-16-8-4-3-5-9-16/h3-5,8-9H,6-7,10-15H2,1-2H3,(H,20,21). The van der Waals surface area contributed by atoms with Gasteiger partial charge in [0.2, 0.25) is 0 Å². The molecule has 0 atom stereocenters. The van der Waals surface area contributed by atoms with Crippen molar-refractivity contribution in [1.29, 1.82) is 0 Å². The Balaban J connectivity index is 2.31. The summed E-state index contributed by atoms with van der Waals surface area (Å²) in [6, 6.07) is 10.5. The molecule has 1 aromatic rings. The quantitative estimate of drug-likeness (QED) is 0.680. The molecule has 1 aromatic carbocycles. The number of hydrogen-bond acceptors (Lipinski definition) is 3. The van der Waals surface area contributed by atoms with Gasteiger partial charge < -0.3 is 14.9 Å². The maximum absolute atomic E-state index is 10.7. The lowest BCUT2D eigenvalue weighted by molar-refractivity contribution is -0.137. The number of aliphatic carboxylic acids is 1. The number of hydrogen-bond donors (Lipinski definition) is 1. The Morgan fingerprint density at radius 3 is 2.29 bits per heavy atom. The second-order valence-electron chi connectivity index (χ2n) is 5.73. The van der Waals surface area contributed by atoms with Crippen LogP contribution < -0.4 is 0 Å². The molecule has 118 valence electrons. The van der Waals surface area contributed by atoms with E-state index in [1.807, 2.05) is 6.07 Å². The molecular weight excluding hydrogens is 264 g/mol. The molecule has 1 rings (SSSR count). The van der Waals surface area contributed by atoms with Crippen LogP contribution in [0, 0.1) is 0 Å². The van der Waals surface area contributed by atoms with Gasteiger partial charge >= 0.3 is 5.97 Å². The summed E-state index contributed by atoms with van der Waals surface area (Å²) in [6.45, 7) is 3.63. The van der Waals surface area contributed by atoms with Crippen molar-refractivity contribution in [2.45, 2.75) is 25.7 Å². The smallest absolute Gasteiger partial charge is 0.304 e. The maximum Gasteiger partial charge on any atom is 0.304 e. The van der Waals surface area contributed by atoms with Gasteiger partial charge in [0.1, 0.15) is 0 Å². The van der Waals surface area contributed by atoms with Gasteiger partial charge in [-0.3, -0.25) is 4.79 Å². The van der Waals surface area contributed by atoms with Crippen LogP contribution in [0.4, 0.5) is 0 Å². The summed E-state index contributed by atoms with van der Waals surface area (Å²) in [4.78, 5) is 15.2. The molecule has 0 aliphatic carbocycles. The van der Waals surface area contributed by atoms with Crippen LogP contribution in [0.25, 0.3) is 0 Å². The number of carboxylic acid groups (broad SMARTS) is 1. The third kappa shape index (κ3) is 9.21. The largest absolute Gasteiger partial charge is 0.481 e. The van der Waals surface area contributed by atoms with Gasteiger partial charge in [0.25, 0.3) is 0 Å². The van der Waals surface area contributed by atoms with E-state index in [2.05, 4.69) is 48.2 Å². The fourth-order valence-electron chi connectivity index (χ4n) is 2.35. The summed E-state index contributed by atoms with van der Waals surface area (Å²) in [5.74, 6) is -0.712. The van der Waals surface area contributed by atoms with Crippen LogP contribution in [0.15, 0.2) is 30.3 Å². The minimum atomic E-state index is -0.712. The van der Waals surface area contributed by atoms with Crippen LogP contribution in [0.5, 0.6) is 0 Å². The molecule has 0 fully saturated rings. The van der Waals surface area contributed by atoms with Crippen LogP contribution in [0.1, 0.15) is 24.8 Å². The lowest BCUT2D eigenvalue weighted by atomic mass is 10.1. The molecule has 0 saturated carbocycles. The average molecular weight is 292 g/mol. The van der Waals surface area contributed by atoms with Crippen LogP contribution in [0.2, 0.25) is 0 Å². The van der Waals surface area contributed by atoms with Crippen molar-refractivity contribution in [3.05, 3.63) is 35.9 Å². The number of benzene rings is 1. The molecule has 0 aliphatic heterocycles. The van der Waals surface area contributed by atoms with Crippen LogP contribution in [-0.2, 0) is 11.2 Å². The van der Waals surface area contributed by atoms with Crippen LogP contribution in [0.3, 0.4) is 0 Å². The molecule has 1 N–H and O–H groups in total. The minimum Gasteiger partial charge on any atom is -0.481 e. The van der Waals surface area contributed by atoms with Gasteiger partial charge in [-0.1, -0.05) is 30.3 Å². The second-order valence-corrected chi connectivity index (χ2v) is 5.73. The van der Waals surface area contributed by atoms with Crippen molar-refractivity contribution in [3.8, 4) is 0 Å². The Bertz CT molecular complexity index is 393. The highest BCUT2D eigenvalue weighted by Crippen LogP contribution is 2.05. The molecular formula is C17H28N2O2. The number of carboxylic acids is 1. The van der Waals surface area contributed by atoms with Crippen molar-refractivity contribution in [2.24, 2.45) is 0 Å². The molecule has 0 spiro atoms. The predicted molar refractivity (Wildman–Crippen MR) is 86.6 cm³/mol. The molecule has 0 radical (unpaired) electrons. The monoisotopic (exact) mass is 292 g/mol. The van der Waals surface area contributed by atoms with Crippen molar-refractivity contribution in [2.75, 3.05) is 40.3 Å². The van der Waals surface area contributed by atoms with E-state index in [0.29, 0.717) is 6.54 Å². The molecule has 0 aromatic heterocycles. The fraction of sp³-hybridized carbons (Fsp3) is 0.588. The van der Waals surface area contributed by atoms with E-state index in [-0.39, 0.29) is 6.42 Å². The van der Waals surface area contributed by atoms with Crippen molar-refractivity contribution >= 4 is 5.97 Å². The number of nitrogens with zero attached hydrogens (tertiary/aromatic N) is 2. The van der Waals surface area contributed by atoms with Crippen molar-refractivity contribution in [1.82, 2.24) is 9.80 Å². The van der Waals surface area contributed by atoms with E-state index in [4.69, 9.17) is 5.11 Å². The molecule has 4 heteroatoms. The topological polar surface area (TPSA) is 43.8 Å². The van der Waals surface area contributed by atoms with Gasteiger partial charge in [0.15, 0.2) is 0 Å². The zero-order valence-corrected chi connectivity index (χ0v) is 13.3. The Kier molecular flexibility index (Phi) is 8.71. The average Bonchev–Trinajstić information content (AvgIpc) is 2.45. The highest BCUT2D eigenvalue weighted by Gasteiger charge is 2.07. The molecule has 0 heterocycles. The van der Waals surface area contributed by atoms with E-state index in [9.17, 15) is 4.79 Å². The van der Waals surface area contributed by atoms with E-state index in [1.165, 1.54) is 5.56 Å². The van der Waals surface area contributed by atoms with Crippen molar-refractivity contribution in [3.63, 3.8) is 0 Å². The first-order valence-corrected chi connectivity index (χ1v) is 7.70. The number of aryl methyl sites for hydroxylation is 1. The summed E-state index contributed by atoms with van der Waals surface area (Å²) < 4.78 is 0. The van der Waals surface area contributed by atoms with Crippen molar-refractivity contribution < 1.29 is 9.90 Å². The van der Waals surface area contributed by atoms with E-state index in [1.54, 1.807) is 0 Å². The molecule has 21 heavy (non-hydrogen) atoms. The zero-order valence-electron chi connectivity index (χ0n) is 13.3. The maximum atomic E-state index is 10.7. The molecule has 0 unspecified atom stereocenters. The number of rotatable bonds is 11. The lowest BCUT2D eigenvalue weighted by Gasteiger charge is -2.22. The summed E-state index contributed by atoms with van der Waals surface area (Å²) in [5, 5.41) is 8.84. The minimum absolute atomic E-state index is 0.229. The Morgan fingerprint density at radius 2 is 1.67 bits per heavy atom. The van der Waals surface area contributed by atoms with Gasteiger partial charge in [-0.05, 0) is 58.6 Å². The Hall–Kier alpha value is -1.39. The van der Waals surface area contributed by atoms with Crippen LogP contribution >= 0.6 is 0 Å². The third-order valence-corrected chi connectivity index (χ3v) is 3.50. The summed E-state index contributed by atoms with van der Waals surface area (Å²) in [5.41, 5.74) is 1.35. The first-order chi connectivity index (χ1) is 10.1. The van der Waals surface area contributed by atoms with Gasteiger partial charge in [-0.15, -0.1) is 0 Å². The zero-order chi connectivity index (χ0) is 15.5. The van der Waals surface area contributed by atoms with Crippen LogP contribution in [-0.4, -0.2) is 61.2 Å². The summed E-state index contributed by atoms with van der Waals surface area (Å²) in [7, 11) is 4.13. The van der Waals surface area contributed by atoms with E-state index in [0.717, 1.165) is 38.9 Å². The lowest BCUT2D eigenvalue weighted by Crippen LogP contribution is -2.30. The SMILES string of the molecule is CN(C)CCCN(CCCc1ccccc1)CCC(=O)O. The molecule has 0 aliphatic rings. The Morgan fingerprint density at radius 1 is 1.00 bits per heavy atom. The first kappa shape index (κ1) is 17.7. The number of carbonyl (C=O) groups is 1. The molecule has 0 saturated heterocycles. The fourth-order valence-corrected chi connectivity index (χ4v) is 2.35.